The summed E-state index contributed by atoms with van der Waals surface area (Å²) in [4.78, 5) is 49.7. The molecule has 1 aliphatic rings. The van der Waals surface area contributed by atoms with E-state index in [1.807, 2.05) is 0 Å². The van der Waals surface area contributed by atoms with Crippen LogP contribution in [0.1, 0.15) is 62.5 Å². The second-order valence-corrected chi connectivity index (χ2v) is 7.93. The number of carbonyl (C=O) groups excluding carboxylic acids is 3. The predicted molar refractivity (Wildman–Crippen MR) is 108 cm³/mol. The monoisotopic (exact) mass is 447 g/mol. The standard InChI is InChI=1S/C21H18ClNO8/c1-7(2)3-11(21(30)31)23-20(29)8-4-9-14(12(24)5-8)18(27)15-10(17(9)26)6-13(25)16(22)19(15)28/h4-7,11,24-25,28H,3H2,1-2H3,(H,23,29)(H,30,31)/t11-/m0/s1. The summed E-state index contributed by atoms with van der Waals surface area (Å²) in [6, 6.07) is 1.69. The molecule has 0 spiro atoms. The Kier molecular flexibility index (Phi) is 5.64. The van der Waals surface area contributed by atoms with E-state index in [1.54, 1.807) is 13.8 Å². The SMILES string of the molecule is CC(C)C[C@H](NC(=O)c1cc(O)c2c(c1)C(=O)c1cc(O)c(Cl)c(O)c1C2=O)C(=O)O. The average Bonchev–Trinajstić information content (AvgIpc) is 2.68. The van der Waals surface area contributed by atoms with Gasteiger partial charge in [0.05, 0.1) is 11.1 Å². The van der Waals surface area contributed by atoms with Crippen molar-refractivity contribution in [2.45, 2.75) is 26.3 Å². The molecule has 0 unspecified atom stereocenters. The number of amides is 1. The van der Waals surface area contributed by atoms with Crippen molar-refractivity contribution in [1.82, 2.24) is 5.32 Å². The van der Waals surface area contributed by atoms with Crippen molar-refractivity contribution in [3.8, 4) is 17.2 Å². The largest absolute Gasteiger partial charge is 0.507 e. The number of ketones is 2. The highest BCUT2D eigenvalue weighted by Crippen LogP contribution is 2.43. The van der Waals surface area contributed by atoms with Gasteiger partial charge in [-0.1, -0.05) is 25.4 Å². The number of phenols is 3. The average molecular weight is 448 g/mol. The van der Waals surface area contributed by atoms with Gasteiger partial charge < -0.3 is 25.7 Å². The van der Waals surface area contributed by atoms with Crippen LogP contribution in [0.5, 0.6) is 17.2 Å². The van der Waals surface area contributed by atoms with E-state index in [0.717, 1.165) is 18.2 Å². The molecule has 0 aromatic heterocycles. The van der Waals surface area contributed by atoms with E-state index in [0.29, 0.717) is 0 Å². The molecule has 31 heavy (non-hydrogen) atoms. The first-order chi connectivity index (χ1) is 14.4. The zero-order valence-electron chi connectivity index (χ0n) is 16.4. The predicted octanol–water partition coefficient (Wildman–Crippen LogP) is 2.46. The van der Waals surface area contributed by atoms with Gasteiger partial charge in [0.2, 0.25) is 5.78 Å². The normalized spacial score (nSPS) is 13.5. The number of fused-ring (bicyclic) bond motifs is 2. The van der Waals surface area contributed by atoms with Crippen molar-refractivity contribution in [2.24, 2.45) is 5.92 Å². The fourth-order valence-electron chi connectivity index (χ4n) is 3.42. The van der Waals surface area contributed by atoms with Crippen molar-refractivity contribution >= 4 is 35.0 Å². The first-order valence-electron chi connectivity index (χ1n) is 9.18. The van der Waals surface area contributed by atoms with Crippen molar-refractivity contribution in [3.63, 3.8) is 0 Å². The Labute approximate surface area is 180 Å². The Bertz CT molecular complexity index is 1150. The van der Waals surface area contributed by atoms with Crippen LogP contribution >= 0.6 is 11.6 Å². The molecule has 5 N–H and O–H groups in total. The van der Waals surface area contributed by atoms with Gasteiger partial charge in [-0.15, -0.1) is 0 Å². The van der Waals surface area contributed by atoms with E-state index in [1.165, 1.54) is 0 Å². The van der Waals surface area contributed by atoms with Gasteiger partial charge in [0.1, 0.15) is 28.3 Å². The van der Waals surface area contributed by atoms with Crippen LogP contribution in [0, 0.1) is 5.92 Å². The van der Waals surface area contributed by atoms with E-state index in [9.17, 15) is 39.6 Å². The summed E-state index contributed by atoms with van der Waals surface area (Å²) in [6.45, 7) is 3.57. The third-order valence-corrected chi connectivity index (χ3v) is 5.23. The van der Waals surface area contributed by atoms with E-state index in [4.69, 9.17) is 11.6 Å². The molecule has 0 radical (unpaired) electrons. The molecular formula is C21H18ClNO8. The number of phenolic OH excluding ortho intramolecular Hbond substituents is 3. The van der Waals surface area contributed by atoms with Gasteiger partial charge in [-0.3, -0.25) is 14.4 Å². The molecule has 162 valence electrons. The third kappa shape index (κ3) is 3.79. The summed E-state index contributed by atoms with van der Waals surface area (Å²) in [5, 5.41) is 41.4. The van der Waals surface area contributed by atoms with Crippen molar-refractivity contribution in [1.29, 1.82) is 0 Å². The minimum absolute atomic E-state index is 0.0267. The van der Waals surface area contributed by atoms with E-state index in [2.05, 4.69) is 5.32 Å². The fraction of sp³-hybridized carbons (Fsp3) is 0.238. The maximum Gasteiger partial charge on any atom is 0.326 e. The molecule has 0 saturated heterocycles. The van der Waals surface area contributed by atoms with E-state index >= 15 is 0 Å². The highest BCUT2D eigenvalue weighted by molar-refractivity contribution is 6.37. The number of carboxylic acids is 1. The minimum Gasteiger partial charge on any atom is -0.507 e. The number of carboxylic acid groups (broad SMARTS) is 1. The van der Waals surface area contributed by atoms with Gasteiger partial charge in [-0.25, -0.2) is 4.79 Å². The van der Waals surface area contributed by atoms with Crippen LogP contribution in [0.25, 0.3) is 0 Å². The number of halogens is 1. The molecule has 10 heteroatoms. The maximum atomic E-state index is 12.9. The van der Waals surface area contributed by atoms with Gasteiger partial charge in [-0.05, 0) is 30.5 Å². The van der Waals surface area contributed by atoms with Crippen LogP contribution in [0.3, 0.4) is 0 Å². The quantitative estimate of drug-likeness (QED) is 0.398. The lowest BCUT2D eigenvalue weighted by molar-refractivity contribution is -0.139. The van der Waals surface area contributed by atoms with Crippen LogP contribution in [-0.4, -0.2) is 49.9 Å². The van der Waals surface area contributed by atoms with Gasteiger partial charge in [0, 0.05) is 16.7 Å². The molecule has 3 rings (SSSR count). The minimum atomic E-state index is -1.24. The Balaban J connectivity index is 2.07. The second-order valence-electron chi connectivity index (χ2n) is 7.55. The number of hydrogen-bond donors (Lipinski definition) is 5. The first kappa shape index (κ1) is 22.1. The maximum absolute atomic E-state index is 12.9. The molecule has 1 aliphatic carbocycles. The number of aromatic hydroxyl groups is 3. The van der Waals surface area contributed by atoms with Crippen molar-refractivity contribution in [3.05, 3.63) is 51.0 Å². The molecule has 0 heterocycles. The third-order valence-electron chi connectivity index (χ3n) is 4.85. The second kappa shape index (κ2) is 7.92. The zero-order chi connectivity index (χ0) is 23.2. The topological polar surface area (TPSA) is 161 Å². The summed E-state index contributed by atoms with van der Waals surface area (Å²) in [7, 11) is 0. The smallest absolute Gasteiger partial charge is 0.326 e. The highest BCUT2D eigenvalue weighted by atomic mass is 35.5. The Hall–Kier alpha value is -3.59. The molecule has 1 amide bonds. The number of rotatable bonds is 5. The van der Waals surface area contributed by atoms with Gasteiger partial charge in [-0.2, -0.15) is 0 Å². The number of aliphatic carboxylic acids is 1. The molecule has 9 nitrogen and oxygen atoms in total. The first-order valence-corrected chi connectivity index (χ1v) is 9.56. The van der Waals surface area contributed by atoms with Crippen LogP contribution in [-0.2, 0) is 4.79 Å². The van der Waals surface area contributed by atoms with Gasteiger partial charge in [0.15, 0.2) is 5.78 Å². The molecule has 0 aliphatic heterocycles. The van der Waals surface area contributed by atoms with Crippen LogP contribution in [0.15, 0.2) is 18.2 Å². The van der Waals surface area contributed by atoms with E-state index in [-0.39, 0.29) is 29.0 Å². The number of hydrogen-bond acceptors (Lipinski definition) is 7. The summed E-state index contributed by atoms with van der Waals surface area (Å²) in [5.74, 6) is -6.03. The molecule has 1 atom stereocenters. The van der Waals surface area contributed by atoms with Crippen molar-refractivity contribution < 1.29 is 39.6 Å². The van der Waals surface area contributed by atoms with Crippen LogP contribution < -0.4 is 5.32 Å². The Morgan fingerprint density at radius 2 is 1.58 bits per heavy atom. The summed E-state index contributed by atoms with van der Waals surface area (Å²) in [5.41, 5.74) is -1.84. The lowest BCUT2D eigenvalue weighted by Crippen LogP contribution is -2.41. The summed E-state index contributed by atoms with van der Waals surface area (Å²) >= 11 is 5.74. The summed E-state index contributed by atoms with van der Waals surface area (Å²) < 4.78 is 0. The molecule has 0 saturated carbocycles. The van der Waals surface area contributed by atoms with Crippen LogP contribution in [0.2, 0.25) is 5.02 Å². The highest BCUT2D eigenvalue weighted by Gasteiger charge is 2.37. The van der Waals surface area contributed by atoms with Gasteiger partial charge >= 0.3 is 5.97 Å². The van der Waals surface area contributed by atoms with Crippen molar-refractivity contribution in [2.75, 3.05) is 0 Å². The molecule has 2 aromatic carbocycles. The molecule has 2 aromatic rings. The molecule has 0 bridgehead atoms. The van der Waals surface area contributed by atoms with E-state index < -0.39 is 62.9 Å². The van der Waals surface area contributed by atoms with Gasteiger partial charge in [0.25, 0.3) is 5.91 Å². The zero-order valence-corrected chi connectivity index (χ0v) is 17.1. The lowest BCUT2D eigenvalue weighted by atomic mass is 9.82. The fourth-order valence-corrected chi connectivity index (χ4v) is 3.57. The lowest BCUT2D eigenvalue weighted by Gasteiger charge is -2.21. The Morgan fingerprint density at radius 3 is 2.16 bits per heavy atom. The molecular weight excluding hydrogens is 430 g/mol. The number of carbonyl (C=O) groups is 4. The molecule has 0 fully saturated rings. The number of nitrogens with one attached hydrogen (secondary N) is 1. The Morgan fingerprint density at radius 1 is 0.968 bits per heavy atom. The number of benzene rings is 2. The van der Waals surface area contributed by atoms with Crippen LogP contribution in [0.4, 0.5) is 0 Å². The summed E-state index contributed by atoms with van der Waals surface area (Å²) in [6.07, 6.45) is 0.155.